The summed E-state index contributed by atoms with van der Waals surface area (Å²) in [4.78, 5) is 17.5. The maximum atomic E-state index is 14.6. The number of hydrogen-bond acceptors (Lipinski definition) is 4. The molecule has 2 atom stereocenters. The number of para-hydroxylation sites is 1. The second kappa shape index (κ2) is 10.3. The first kappa shape index (κ1) is 25.1. The Labute approximate surface area is 210 Å². The van der Waals surface area contributed by atoms with Crippen LogP contribution < -0.4 is 10.1 Å². The van der Waals surface area contributed by atoms with Gasteiger partial charge in [-0.15, -0.1) is 0 Å². The van der Waals surface area contributed by atoms with E-state index >= 15 is 0 Å². The van der Waals surface area contributed by atoms with Gasteiger partial charge in [0.15, 0.2) is 0 Å². The smallest absolute Gasteiger partial charge is 0.410 e. The number of alkyl halides is 3. The highest BCUT2D eigenvalue weighted by Crippen LogP contribution is 2.55. The van der Waals surface area contributed by atoms with Crippen molar-refractivity contribution in [3.63, 3.8) is 0 Å². The zero-order chi connectivity index (χ0) is 25.1. The van der Waals surface area contributed by atoms with E-state index < -0.39 is 30.0 Å². The summed E-state index contributed by atoms with van der Waals surface area (Å²) in [6.45, 7) is -0.215. The standard InChI is InChI=1S/C25H21Cl2F3N2O3/c26-18-12-17(13-19(27)14-18)24(25(28,29)30)9-10-34-32-22(15-24)16-5-4-6-20(11-16)31-23(33)35-21-7-2-1-3-8-21/h1-8,11-12,14,17H,9-10,13,15H2,(H,31,33). The molecule has 0 fully saturated rings. The van der Waals surface area contributed by atoms with Crippen molar-refractivity contribution in [3.8, 4) is 5.75 Å². The summed E-state index contributed by atoms with van der Waals surface area (Å²) in [5, 5.41) is 7.01. The third-order valence-electron chi connectivity index (χ3n) is 6.04. The maximum absolute atomic E-state index is 14.6. The van der Waals surface area contributed by atoms with Crippen LogP contribution in [-0.2, 0) is 4.84 Å². The molecule has 2 aromatic carbocycles. The average Bonchev–Trinajstić information content (AvgIpc) is 3.03. The van der Waals surface area contributed by atoms with Crippen molar-refractivity contribution in [1.29, 1.82) is 0 Å². The second-order valence-corrected chi connectivity index (χ2v) is 9.24. The molecule has 184 valence electrons. The zero-order valence-corrected chi connectivity index (χ0v) is 19.8. The van der Waals surface area contributed by atoms with Gasteiger partial charge >= 0.3 is 12.3 Å². The van der Waals surface area contributed by atoms with E-state index in [0.717, 1.165) is 0 Å². The Kier molecular flexibility index (Phi) is 7.42. The van der Waals surface area contributed by atoms with E-state index in [9.17, 15) is 18.0 Å². The molecule has 2 aliphatic rings. The zero-order valence-electron chi connectivity index (χ0n) is 18.3. The van der Waals surface area contributed by atoms with Gasteiger partial charge in [-0.25, -0.2) is 4.79 Å². The highest BCUT2D eigenvalue weighted by Gasteiger charge is 2.59. The van der Waals surface area contributed by atoms with Gasteiger partial charge in [0.05, 0.1) is 11.1 Å². The Morgan fingerprint density at radius 2 is 1.91 bits per heavy atom. The van der Waals surface area contributed by atoms with Crippen molar-refractivity contribution in [2.75, 3.05) is 11.9 Å². The lowest BCUT2D eigenvalue weighted by Gasteiger charge is -2.41. The van der Waals surface area contributed by atoms with Crippen LogP contribution in [0, 0.1) is 11.3 Å². The molecule has 1 N–H and O–H groups in total. The van der Waals surface area contributed by atoms with E-state index in [1.807, 2.05) is 0 Å². The van der Waals surface area contributed by atoms with Crippen LogP contribution in [0.25, 0.3) is 0 Å². The highest BCUT2D eigenvalue weighted by molar-refractivity contribution is 6.35. The molecule has 1 heterocycles. The molecule has 35 heavy (non-hydrogen) atoms. The van der Waals surface area contributed by atoms with Gasteiger partial charge in [0.2, 0.25) is 0 Å². The summed E-state index contributed by atoms with van der Waals surface area (Å²) >= 11 is 12.2. The summed E-state index contributed by atoms with van der Waals surface area (Å²) in [6, 6.07) is 14.8. The van der Waals surface area contributed by atoms with Crippen LogP contribution in [0.4, 0.5) is 23.7 Å². The van der Waals surface area contributed by atoms with Gasteiger partial charge in [-0.1, -0.05) is 64.8 Å². The second-order valence-electron chi connectivity index (χ2n) is 8.31. The number of rotatable bonds is 4. The van der Waals surface area contributed by atoms with Crippen molar-refractivity contribution in [2.45, 2.75) is 25.4 Å². The molecule has 1 amide bonds. The number of benzene rings is 2. The molecule has 4 rings (SSSR count). The van der Waals surface area contributed by atoms with Crippen LogP contribution >= 0.6 is 23.2 Å². The van der Waals surface area contributed by atoms with Gasteiger partial charge in [0.1, 0.15) is 12.4 Å². The van der Waals surface area contributed by atoms with E-state index in [2.05, 4.69) is 10.5 Å². The van der Waals surface area contributed by atoms with Gasteiger partial charge in [-0.05, 0) is 49.1 Å². The first-order valence-electron chi connectivity index (χ1n) is 10.8. The Bertz CT molecular complexity index is 1180. The first-order chi connectivity index (χ1) is 16.7. The van der Waals surface area contributed by atoms with Crippen LogP contribution in [0.2, 0.25) is 0 Å². The van der Waals surface area contributed by atoms with Gasteiger partial charge in [0, 0.05) is 27.7 Å². The molecular weight excluding hydrogens is 504 g/mol. The average molecular weight is 525 g/mol. The molecule has 1 aliphatic heterocycles. The number of carbonyl (C=O) groups excluding carboxylic acids is 1. The lowest BCUT2D eigenvalue weighted by Crippen LogP contribution is -2.46. The SMILES string of the molecule is O=C(Nc1cccc(C2=NOCCC(C3C=C(Cl)C=C(Cl)C3)(C(F)(F)F)C2)c1)Oc1ccccc1. The van der Waals surface area contributed by atoms with Gasteiger partial charge in [-0.3, -0.25) is 5.32 Å². The van der Waals surface area contributed by atoms with Crippen molar-refractivity contribution in [2.24, 2.45) is 16.5 Å². The third kappa shape index (κ3) is 5.82. The van der Waals surface area contributed by atoms with Gasteiger partial charge in [-0.2, -0.15) is 13.2 Å². The molecule has 0 spiro atoms. The minimum Gasteiger partial charge on any atom is -0.410 e. The molecule has 0 saturated carbocycles. The maximum Gasteiger partial charge on any atom is 0.417 e. The van der Waals surface area contributed by atoms with Crippen molar-refractivity contribution >= 4 is 40.7 Å². The molecule has 2 aromatic rings. The van der Waals surface area contributed by atoms with Gasteiger partial charge in [0.25, 0.3) is 0 Å². The molecule has 0 bridgehead atoms. The number of oxime groups is 1. The Balaban J connectivity index is 1.59. The topological polar surface area (TPSA) is 59.9 Å². The summed E-state index contributed by atoms with van der Waals surface area (Å²) < 4.78 is 49.1. The van der Waals surface area contributed by atoms with Crippen LogP contribution in [0.15, 0.2) is 82.0 Å². The van der Waals surface area contributed by atoms with Crippen LogP contribution in [0.1, 0.15) is 24.8 Å². The third-order valence-corrected chi connectivity index (χ3v) is 6.54. The lowest BCUT2D eigenvalue weighted by atomic mass is 9.66. The monoisotopic (exact) mass is 524 g/mol. The summed E-state index contributed by atoms with van der Waals surface area (Å²) in [7, 11) is 0. The first-order valence-corrected chi connectivity index (χ1v) is 11.6. The normalized spacial score (nSPS) is 22.7. The molecule has 0 aromatic heterocycles. The quantitative estimate of drug-likeness (QED) is 0.447. The summed E-state index contributed by atoms with van der Waals surface area (Å²) in [5.74, 6) is -0.633. The fourth-order valence-corrected chi connectivity index (χ4v) is 4.91. The van der Waals surface area contributed by atoms with E-state index in [0.29, 0.717) is 17.0 Å². The molecule has 5 nitrogen and oxygen atoms in total. The van der Waals surface area contributed by atoms with E-state index in [-0.39, 0.29) is 35.2 Å². The molecular formula is C25H21Cl2F3N2O3. The minimum absolute atomic E-state index is 0.0114. The number of hydrogen-bond donors (Lipinski definition) is 1. The molecule has 2 unspecified atom stereocenters. The highest BCUT2D eigenvalue weighted by atomic mass is 35.5. The number of nitrogens with one attached hydrogen (secondary N) is 1. The van der Waals surface area contributed by atoms with Crippen molar-refractivity contribution < 1.29 is 27.5 Å². The predicted octanol–water partition coefficient (Wildman–Crippen LogP) is 7.63. The molecule has 10 heteroatoms. The largest absolute Gasteiger partial charge is 0.417 e. The Morgan fingerprint density at radius 3 is 2.63 bits per heavy atom. The summed E-state index contributed by atoms with van der Waals surface area (Å²) in [6.07, 6.45) is -3.19. The molecule has 1 aliphatic carbocycles. The summed E-state index contributed by atoms with van der Waals surface area (Å²) in [5.41, 5.74) is -1.37. The Hall–Kier alpha value is -2.97. The van der Waals surface area contributed by atoms with Crippen LogP contribution in [0.3, 0.4) is 0 Å². The van der Waals surface area contributed by atoms with Crippen LogP contribution in [-0.4, -0.2) is 24.6 Å². The lowest BCUT2D eigenvalue weighted by molar-refractivity contribution is -0.239. The number of carbonyl (C=O) groups is 1. The fourth-order valence-electron chi connectivity index (χ4n) is 4.28. The minimum atomic E-state index is -4.58. The van der Waals surface area contributed by atoms with Crippen molar-refractivity contribution in [1.82, 2.24) is 0 Å². The van der Waals surface area contributed by atoms with E-state index in [4.69, 9.17) is 32.8 Å². The van der Waals surface area contributed by atoms with Crippen LogP contribution in [0.5, 0.6) is 5.75 Å². The molecule has 0 saturated heterocycles. The fraction of sp³-hybridized carbons (Fsp3) is 0.280. The number of amides is 1. The van der Waals surface area contributed by atoms with E-state index in [1.165, 1.54) is 18.2 Å². The number of ether oxygens (including phenoxy) is 1. The number of anilines is 1. The van der Waals surface area contributed by atoms with Gasteiger partial charge < -0.3 is 9.57 Å². The predicted molar refractivity (Wildman–Crippen MR) is 129 cm³/mol. The number of allylic oxidation sites excluding steroid dienone is 4. The molecule has 0 radical (unpaired) electrons. The van der Waals surface area contributed by atoms with E-state index in [1.54, 1.807) is 48.5 Å². The number of halogens is 5. The Morgan fingerprint density at radius 1 is 1.14 bits per heavy atom. The number of nitrogens with zero attached hydrogens (tertiary/aromatic N) is 1. The van der Waals surface area contributed by atoms with Crippen molar-refractivity contribution in [3.05, 3.63) is 82.4 Å².